The van der Waals surface area contributed by atoms with E-state index in [9.17, 15) is 8.42 Å². The highest BCUT2D eigenvalue weighted by Crippen LogP contribution is 2.09. The Morgan fingerprint density at radius 2 is 2.33 bits per heavy atom. The highest BCUT2D eigenvalue weighted by atomic mass is 32.2. The van der Waals surface area contributed by atoms with Crippen molar-refractivity contribution in [3.8, 4) is 0 Å². The first kappa shape index (κ1) is 9.53. The van der Waals surface area contributed by atoms with Crippen LogP contribution in [0.3, 0.4) is 0 Å². The lowest BCUT2D eigenvalue weighted by Crippen LogP contribution is -2.44. The number of nitrogens with zero attached hydrogens (tertiary/aromatic N) is 1. The molecule has 1 saturated heterocycles. The van der Waals surface area contributed by atoms with Crippen LogP contribution in [-0.2, 0) is 9.84 Å². The van der Waals surface area contributed by atoms with Crippen molar-refractivity contribution < 1.29 is 13.6 Å². The first-order valence-electron chi connectivity index (χ1n) is 3.46. The Bertz CT molecular complexity index is 287. The summed E-state index contributed by atoms with van der Waals surface area (Å²) in [7, 11) is 2.05. The van der Waals surface area contributed by atoms with Crippen LogP contribution in [0.1, 0.15) is 6.42 Å². The smallest absolute Gasteiger partial charge is 0.178 e. The largest absolute Gasteiger partial charge is 0.411 e. The maximum atomic E-state index is 11.0. The minimum atomic E-state index is -3.07. The van der Waals surface area contributed by atoms with E-state index >= 15 is 0 Å². The molecule has 0 aliphatic carbocycles. The number of oxime groups is 1. The minimum Gasteiger partial charge on any atom is -0.411 e. The number of sulfone groups is 1. The molecule has 1 fully saturated rings. The predicted molar refractivity (Wildman–Crippen MR) is 45.2 cm³/mol. The lowest BCUT2D eigenvalue weighted by Gasteiger charge is -2.22. The second kappa shape index (κ2) is 3.45. The molecule has 66 valence electrons. The Morgan fingerprint density at radius 3 is 2.83 bits per heavy atom. The third-order valence-electron chi connectivity index (χ3n) is 1.82. The third-order valence-corrected chi connectivity index (χ3v) is 3.41. The lowest BCUT2D eigenvalue weighted by molar-refractivity contribution is 0.315. The maximum Gasteiger partial charge on any atom is 0.178 e. The van der Waals surface area contributed by atoms with Gasteiger partial charge >= 0.3 is 0 Å². The summed E-state index contributed by atoms with van der Waals surface area (Å²) in [6.45, 7) is 0. The van der Waals surface area contributed by atoms with E-state index in [1.807, 2.05) is 0 Å². The molecule has 0 amide bonds. The van der Waals surface area contributed by atoms with Crippen molar-refractivity contribution in [2.24, 2.45) is 5.16 Å². The van der Waals surface area contributed by atoms with E-state index in [0.717, 1.165) is 0 Å². The molecule has 2 radical (unpaired) electrons. The predicted octanol–water partition coefficient (Wildman–Crippen LogP) is -1.32. The zero-order chi connectivity index (χ0) is 9.19. The Labute approximate surface area is 72.2 Å². The SMILES string of the molecule is [B]NC1CCS(=O)(=O)C/C1=N\O. The summed E-state index contributed by atoms with van der Waals surface area (Å²) >= 11 is 0. The van der Waals surface area contributed by atoms with Gasteiger partial charge in [0, 0.05) is 6.04 Å². The van der Waals surface area contributed by atoms with Gasteiger partial charge in [-0.3, -0.25) is 0 Å². The molecule has 7 heteroatoms. The van der Waals surface area contributed by atoms with E-state index in [0.29, 0.717) is 6.42 Å². The fourth-order valence-corrected chi connectivity index (χ4v) is 2.59. The molecule has 0 aromatic rings. The van der Waals surface area contributed by atoms with Crippen LogP contribution in [0.25, 0.3) is 0 Å². The number of rotatable bonds is 1. The molecule has 1 rings (SSSR count). The number of hydrogen-bond acceptors (Lipinski definition) is 5. The topological polar surface area (TPSA) is 78.8 Å². The van der Waals surface area contributed by atoms with E-state index in [4.69, 9.17) is 13.2 Å². The lowest BCUT2D eigenvalue weighted by atomic mass is 10.1. The Balaban J connectivity index is 2.80. The van der Waals surface area contributed by atoms with Crippen LogP contribution in [0.2, 0.25) is 0 Å². The van der Waals surface area contributed by atoms with Crippen LogP contribution in [0.15, 0.2) is 5.16 Å². The first-order chi connectivity index (χ1) is 5.59. The van der Waals surface area contributed by atoms with Crippen molar-refractivity contribution in [1.82, 2.24) is 5.23 Å². The van der Waals surface area contributed by atoms with Gasteiger partial charge in [0.25, 0.3) is 0 Å². The van der Waals surface area contributed by atoms with Gasteiger partial charge in [-0.05, 0) is 6.42 Å². The van der Waals surface area contributed by atoms with E-state index < -0.39 is 9.84 Å². The van der Waals surface area contributed by atoms with Gasteiger partial charge in [0.05, 0.1) is 17.2 Å². The Morgan fingerprint density at radius 1 is 1.67 bits per heavy atom. The van der Waals surface area contributed by atoms with Gasteiger partial charge in [0.15, 0.2) is 17.8 Å². The summed E-state index contributed by atoms with van der Waals surface area (Å²) in [5.74, 6) is -0.126. The molecule has 0 aromatic heterocycles. The molecule has 1 aliphatic heterocycles. The average molecular weight is 188 g/mol. The van der Waals surface area contributed by atoms with E-state index in [-0.39, 0.29) is 23.3 Å². The van der Waals surface area contributed by atoms with E-state index in [1.165, 1.54) is 0 Å². The average Bonchev–Trinajstić information content (AvgIpc) is 2.03. The fraction of sp³-hybridized carbons (Fsp3) is 0.800. The number of nitrogens with one attached hydrogen (secondary N) is 1. The molecule has 12 heavy (non-hydrogen) atoms. The van der Waals surface area contributed by atoms with Crippen molar-refractivity contribution in [3.63, 3.8) is 0 Å². The summed E-state index contributed by atoms with van der Waals surface area (Å²) in [6, 6.07) is -0.321. The van der Waals surface area contributed by atoms with Crippen LogP contribution < -0.4 is 5.23 Å². The Hall–Kier alpha value is -0.555. The van der Waals surface area contributed by atoms with Gasteiger partial charge in [-0.1, -0.05) is 5.16 Å². The van der Waals surface area contributed by atoms with Crippen LogP contribution in [-0.4, -0.2) is 44.9 Å². The summed E-state index contributed by atoms with van der Waals surface area (Å²) in [5, 5.41) is 13.7. The molecule has 0 saturated carbocycles. The molecule has 0 spiro atoms. The fourth-order valence-electron chi connectivity index (χ4n) is 1.14. The van der Waals surface area contributed by atoms with Crippen molar-refractivity contribution in [2.45, 2.75) is 12.5 Å². The Kier molecular flexibility index (Phi) is 2.74. The standard InChI is InChI=1S/C5H9BN2O3S/c6-7-4-1-2-12(10,11)3-5(4)8-9/h4,7,9H,1-3H2/b8-5+. The van der Waals surface area contributed by atoms with Gasteiger partial charge in [0.2, 0.25) is 0 Å². The molecule has 1 heterocycles. The van der Waals surface area contributed by atoms with Gasteiger partial charge in [-0.25, -0.2) is 8.42 Å². The second-order valence-electron chi connectivity index (χ2n) is 2.69. The molecule has 1 atom stereocenters. The number of hydrogen-bond donors (Lipinski definition) is 2. The molecular formula is C5H9BN2O3S. The molecule has 0 aromatic carbocycles. The van der Waals surface area contributed by atoms with Gasteiger partial charge in [0.1, 0.15) is 0 Å². The van der Waals surface area contributed by atoms with E-state index in [1.54, 1.807) is 0 Å². The summed E-state index contributed by atoms with van der Waals surface area (Å²) in [5.41, 5.74) is 0.184. The third kappa shape index (κ3) is 1.98. The van der Waals surface area contributed by atoms with Crippen LogP contribution in [0, 0.1) is 0 Å². The minimum absolute atomic E-state index is 0.0842. The summed E-state index contributed by atoms with van der Waals surface area (Å²) in [4.78, 5) is 0. The summed E-state index contributed by atoms with van der Waals surface area (Å²) < 4.78 is 22.0. The van der Waals surface area contributed by atoms with Crippen molar-refractivity contribution in [2.75, 3.05) is 11.5 Å². The molecule has 1 unspecified atom stereocenters. The van der Waals surface area contributed by atoms with Gasteiger partial charge in [-0.2, -0.15) is 0 Å². The summed E-state index contributed by atoms with van der Waals surface area (Å²) in [6.07, 6.45) is 0.359. The quantitative estimate of drug-likeness (QED) is 0.304. The zero-order valence-corrected chi connectivity index (χ0v) is 7.21. The molecule has 5 nitrogen and oxygen atoms in total. The second-order valence-corrected chi connectivity index (χ2v) is 4.88. The first-order valence-corrected chi connectivity index (χ1v) is 5.28. The van der Waals surface area contributed by atoms with Gasteiger partial charge in [-0.15, -0.1) is 0 Å². The highest BCUT2D eigenvalue weighted by molar-refractivity contribution is 7.92. The van der Waals surface area contributed by atoms with Gasteiger partial charge < -0.3 is 10.4 Å². The van der Waals surface area contributed by atoms with Crippen molar-refractivity contribution in [3.05, 3.63) is 0 Å². The molecular weight excluding hydrogens is 179 g/mol. The highest BCUT2D eigenvalue weighted by Gasteiger charge is 2.28. The monoisotopic (exact) mass is 188 g/mol. The van der Waals surface area contributed by atoms with E-state index in [2.05, 4.69) is 10.4 Å². The molecule has 2 N–H and O–H groups in total. The van der Waals surface area contributed by atoms with Crippen molar-refractivity contribution >= 4 is 23.5 Å². The van der Waals surface area contributed by atoms with Crippen LogP contribution in [0.5, 0.6) is 0 Å². The normalized spacial score (nSPS) is 32.0. The molecule has 1 aliphatic rings. The maximum absolute atomic E-state index is 11.0. The zero-order valence-electron chi connectivity index (χ0n) is 6.40. The molecule has 0 bridgehead atoms. The van der Waals surface area contributed by atoms with Crippen molar-refractivity contribution in [1.29, 1.82) is 0 Å². The van der Waals surface area contributed by atoms with Crippen LogP contribution >= 0.6 is 0 Å². The van der Waals surface area contributed by atoms with Crippen LogP contribution in [0.4, 0.5) is 0 Å².